The first kappa shape index (κ1) is 16.7. The van der Waals surface area contributed by atoms with Gasteiger partial charge in [0, 0.05) is 0 Å². The minimum Gasteiger partial charge on any atom is -0.493 e. The normalized spacial score (nSPS) is 10.2. The van der Waals surface area contributed by atoms with E-state index in [4.69, 9.17) is 37.4 Å². The second-order valence-electron chi connectivity index (χ2n) is 3.76. The van der Waals surface area contributed by atoms with E-state index in [-0.39, 0.29) is 11.8 Å². The van der Waals surface area contributed by atoms with Gasteiger partial charge in [-0.25, -0.2) is 4.79 Å². The van der Waals surface area contributed by atoms with E-state index in [9.17, 15) is 4.79 Å². The highest BCUT2D eigenvalue weighted by atomic mass is 35.5. The molecule has 5 nitrogen and oxygen atoms in total. The standard InChI is InChI=1S/C13H17Cl2NO4/c1-18-11-4-2-3-5-12(11)19-7-6-16-13(17)20-10(8-14)9-15/h2-5,10H,6-9H2,1H3,(H,16,17). The van der Waals surface area contributed by atoms with Gasteiger partial charge in [0.2, 0.25) is 0 Å². The summed E-state index contributed by atoms with van der Waals surface area (Å²) in [4.78, 5) is 11.4. The van der Waals surface area contributed by atoms with Crippen molar-refractivity contribution >= 4 is 29.3 Å². The third kappa shape index (κ3) is 5.75. The van der Waals surface area contributed by atoms with Crippen LogP contribution in [0.2, 0.25) is 0 Å². The molecule has 0 aliphatic carbocycles. The van der Waals surface area contributed by atoms with E-state index in [1.807, 2.05) is 12.1 Å². The third-order valence-corrected chi connectivity index (χ3v) is 3.00. The molecule has 0 radical (unpaired) electrons. The molecule has 1 N–H and O–H groups in total. The largest absolute Gasteiger partial charge is 0.493 e. The zero-order chi connectivity index (χ0) is 14.8. The molecule has 7 heteroatoms. The zero-order valence-corrected chi connectivity index (χ0v) is 12.6. The Balaban J connectivity index is 2.26. The maximum absolute atomic E-state index is 11.4. The van der Waals surface area contributed by atoms with Crippen LogP contribution < -0.4 is 14.8 Å². The van der Waals surface area contributed by atoms with Crippen LogP contribution in [0.1, 0.15) is 0 Å². The molecule has 0 heterocycles. The lowest BCUT2D eigenvalue weighted by atomic mass is 10.3. The molecule has 0 fully saturated rings. The molecule has 0 aromatic heterocycles. The van der Waals surface area contributed by atoms with E-state index >= 15 is 0 Å². The number of para-hydroxylation sites is 2. The lowest BCUT2D eigenvalue weighted by Gasteiger charge is -2.13. The summed E-state index contributed by atoms with van der Waals surface area (Å²) in [6.07, 6.45) is -1.06. The Morgan fingerprint density at radius 1 is 1.25 bits per heavy atom. The Bertz CT molecular complexity index is 413. The van der Waals surface area contributed by atoms with Crippen molar-refractivity contribution in [2.45, 2.75) is 6.10 Å². The van der Waals surface area contributed by atoms with Crippen LogP contribution in [0, 0.1) is 0 Å². The number of hydrogen-bond acceptors (Lipinski definition) is 4. The van der Waals surface area contributed by atoms with Crippen LogP contribution in [0.25, 0.3) is 0 Å². The van der Waals surface area contributed by atoms with E-state index in [0.29, 0.717) is 24.7 Å². The first-order chi connectivity index (χ1) is 9.71. The number of alkyl carbamates (subject to hydrolysis) is 1. The van der Waals surface area contributed by atoms with Crippen LogP contribution in [0.3, 0.4) is 0 Å². The van der Waals surface area contributed by atoms with E-state index in [1.165, 1.54) is 0 Å². The van der Waals surface area contributed by atoms with Crippen LogP contribution in [-0.4, -0.2) is 44.2 Å². The second-order valence-corrected chi connectivity index (χ2v) is 4.38. The number of rotatable bonds is 8. The number of carbonyl (C=O) groups excluding carboxylic acids is 1. The minimum absolute atomic E-state index is 0.161. The summed E-state index contributed by atoms with van der Waals surface area (Å²) in [6, 6.07) is 7.27. The molecular formula is C13H17Cl2NO4. The van der Waals surface area contributed by atoms with Gasteiger partial charge in [0.05, 0.1) is 25.4 Å². The molecule has 1 aromatic carbocycles. The third-order valence-electron chi connectivity index (χ3n) is 2.32. The fourth-order valence-corrected chi connectivity index (χ4v) is 1.81. The Hall–Kier alpha value is -1.33. The molecule has 1 rings (SSSR count). The lowest BCUT2D eigenvalue weighted by molar-refractivity contribution is 0.117. The van der Waals surface area contributed by atoms with Crippen molar-refractivity contribution in [3.63, 3.8) is 0 Å². The number of methoxy groups -OCH3 is 1. The molecule has 112 valence electrons. The molecule has 0 spiro atoms. The van der Waals surface area contributed by atoms with Gasteiger partial charge in [-0.05, 0) is 12.1 Å². The number of alkyl halides is 2. The number of hydrogen-bond donors (Lipinski definition) is 1. The van der Waals surface area contributed by atoms with Crippen molar-refractivity contribution in [1.29, 1.82) is 0 Å². The van der Waals surface area contributed by atoms with E-state index < -0.39 is 12.2 Å². The molecule has 0 atom stereocenters. The fraction of sp³-hybridized carbons (Fsp3) is 0.462. The van der Waals surface area contributed by atoms with Crippen LogP contribution >= 0.6 is 23.2 Å². The Labute approximate surface area is 128 Å². The number of ether oxygens (including phenoxy) is 3. The van der Waals surface area contributed by atoms with Crippen molar-refractivity contribution in [3.05, 3.63) is 24.3 Å². The van der Waals surface area contributed by atoms with Crippen LogP contribution in [-0.2, 0) is 4.74 Å². The Kier molecular flexibility index (Phi) is 7.99. The molecule has 1 aromatic rings. The van der Waals surface area contributed by atoms with Gasteiger partial charge in [-0.1, -0.05) is 12.1 Å². The molecule has 20 heavy (non-hydrogen) atoms. The highest BCUT2D eigenvalue weighted by molar-refractivity contribution is 6.21. The monoisotopic (exact) mass is 321 g/mol. The highest BCUT2D eigenvalue weighted by Gasteiger charge is 2.11. The topological polar surface area (TPSA) is 56.8 Å². The highest BCUT2D eigenvalue weighted by Crippen LogP contribution is 2.25. The van der Waals surface area contributed by atoms with Gasteiger partial charge in [-0.15, -0.1) is 23.2 Å². The predicted molar refractivity (Wildman–Crippen MR) is 78.2 cm³/mol. The molecular weight excluding hydrogens is 305 g/mol. The van der Waals surface area contributed by atoms with Gasteiger partial charge in [0.25, 0.3) is 0 Å². The average Bonchev–Trinajstić information content (AvgIpc) is 2.49. The summed E-state index contributed by atoms with van der Waals surface area (Å²) < 4.78 is 15.6. The van der Waals surface area contributed by atoms with Crippen LogP contribution in [0.4, 0.5) is 4.79 Å². The first-order valence-corrected chi connectivity index (χ1v) is 7.10. The van der Waals surface area contributed by atoms with Gasteiger partial charge < -0.3 is 19.5 Å². The zero-order valence-electron chi connectivity index (χ0n) is 11.1. The Morgan fingerprint density at radius 2 is 1.90 bits per heavy atom. The maximum atomic E-state index is 11.4. The van der Waals surface area contributed by atoms with E-state index in [0.717, 1.165) is 0 Å². The quantitative estimate of drug-likeness (QED) is 0.590. The predicted octanol–water partition coefficient (Wildman–Crippen LogP) is 2.65. The Morgan fingerprint density at radius 3 is 2.50 bits per heavy atom. The molecule has 1 amide bonds. The van der Waals surface area contributed by atoms with Crippen molar-refractivity contribution in [2.75, 3.05) is 32.0 Å². The van der Waals surface area contributed by atoms with E-state index in [2.05, 4.69) is 5.32 Å². The molecule has 0 aliphatic rings. The molecule has 0 saturated carbocycles. The molecule has 0 aliphatic heterocycles. The number of amides is 1. The first-order valence-electron chi connectivity index (χ1n) is 6.03. The minimum atomic E-state index is -0.570. The summed E-state index contributed by atoms with van der Waals surface area (Å²) >= 11 is 11.1. The average molecular weight is 322 g/mol. The van der Waals surface area contributed by atoms with Crippen LogP contribution in [0.5, 0.6) is 11.5 Å². The van der Waals surface area contributed by atoms with Gasteiger partial charge >= 0.3 is 6.09 Å². The van der Waals surface area contributed by atoms with Gasteiger partial charge in [-0.2, -0.15) is 0 Å². The molecule has 0 saturated heterocycles. The lowest BCUT2D eigenvalue weighted by Crippen LogP contribution is -2.33. The van der Waals surface area contributed by atoms with Gasteiger partial charge in [0.15, 0.2) is 11.5 Å². The van der Waals surface area contributed by atoms with Gasteiger partial charge in [-0.3, -0.25) is 0 Å². The van der Waals surface area contributed by atoms with Crippen LogP contribution in [0.15, 0.2) is 24.3 Å². The smallest absolute Gasteiger partial charge is 0.407 e. The summed E-state index contributed by atoms with van der Waals surface area (Å²) in [6.45, 7) is 0.593. The number of halogens is 2. The summed E-state index contributed by atoms with van der Waals surface area (Å²) in [5.74, 6) is 1.58. The van der Waals surface area contributed by atoms with Crippen molar-refractivity contribution in [2.24, 2.45) is 0 Å². The van der Waals surface area contributed by atoms with Crippen molar-refractivity contribution in [3.8, 4) is 11.5 Å². The number of carbonyl (C=O) groups is 1. The second kappa shape index (κ2) is 9.55. The number of benzene rings is 1. The van der Waals surface area contributed by atoms with Crippen molar-refractivity contribution < 1.29 is 19.0 Å². The molecule has 0 unspecified atom stereocenters. The van der Waals surface area contributed by atoms with E-state index in [1.54, 1.807) is 19.2 Å². The fourth-order valence-electron chi connectivity index (χ4n) is 1.35. The number of nitrogens with one attached hydrogen (secondary N) is 1. The molecule has 0 bridgehead atoms. The van der Waals surface area contributed by atoms with Crippen molar-refractivity contribution in [1.82, 2.24) is 5.32 Å². The SMILES string of the molecule is COc1ccccc1OCCNC(=O)OC(CCl)CCl. The van der Waals surface area contributed by atoms with Gasteiger partial charge in [0.1, 0.15) is 12.7 Å². The summed E-state index contributed by atoms with van der Waals surface area (Å²) in [5.41, 5.74) is 0. The maximum Gasteiger partial charge on any atom is 0.407 e. The summed E-state index contributed by atoms with van der Waals surface area (Å²) in [5, 5.41) is 2.55. The summed E-state index contributed by atoms with van der Waals surface area (Å²) in [7, 11) is 1.57.